The van der Waals surface area contributed by atoms with Gasteiger partial charge in [-0.1, -0.05) is 12.1 Å². The number of piperazine rings is 1. The summed E-state index contributed by atoms with van der Waals surface area (Å²) >= 11 is -1.10. The molecule has 1 aliphatic heterocycles. The summed E-state index contributed by atoms with van der Waals surface area (Å²) in [6.45, 7) is 6.80. The van der Waals surface area contributed by atoms with Gasteiger partial charge in [-0.3, -0.25) is 4.90 Å². The fraction of sp³-hybridized carbons (Fsp3) is 0.429. The number of hydrogen-bond donors (Lipinski definition) is 0. The van der Waals surface area contributed by atoms with Crippen LogP contribution in [-0.2, 0) is 11.2 Å². The summed E-state index contributed by atoms with van der Waals surface area (Å²) in [7, 11) is 1.71. The molecule has 0 saturated carbocycles. The van der Waals surface area contributed by atoms with Crippen molar-refractivity contribution in [3.8, 4) is 5.75 Å². The van der Waals surface area contributed by atoms with E-state index in [-0.39, 0.29) is 11.1 Å². The quantitative estimate of drug-likeness (QED) is 0.678. The van der Waals surface area contributed by atoms with E-state index in [0.717, 1.165) is 50.6 Å². The second-order valence-electron chi connectivity index (χ2n) is 6.85. The van der Waals surface area contributed by atoms with Gasteiger partial charge in [0, 0.05) is 39.1 Å². The number of benzene rings is 2. The van der Waals surface area contributed by atoms with Crippen molar-refractivity contribution in [2.75, 3.05) is 44.7 Å². The van der Waals surface area contributed by atoms with Gasteiger partial charge in [0.15, 0.2) is 4.90 Å². The van der Waals surface area contributed by atoms with Crippen molar-refractivity contribution in [1.29, 1.82) is 0 Å². The van der Waals surface area contributed by atoms with Crippen LogP contribution in [0.4, 0.5) is 10.1 Å². The number of methoxy groups -OCH3 is 1. The Balaban J connectivity index is 1.47. The normalized spacial score (nSPS) is 17.6. The van der Waals surface area contributed by atoms with E-state index in [9.17, 15) is 8.94 Å². The molecular weight excluding hydrogens is 363 g/mol. The van der Waals surface area contributed by atoms with Crippen LogP contribution >= 0.6 is 0 Å². The van der Waals surface area contributed by atoms with Crippen molar-refractivity contribution >= 4 is 16.9 Å². The molecule has 27 heavy (non-hydrogen) atoms. The lowest BCUT2D eigenvalue weighted by molar-refractivity contribution is 0.253. The number of nitrogens with zero attached hydrogens (tertiary/aromatic N) is 2. The highest BCUT2D eigenvalue weighted by molar-refractivity contribution is 7.92. The predicted octanol–water partition coefficient (Wildman–Crippen LogP) is 3.54. The van der Waals surface area contributed by atoms with Gasteiger partial charge in [0.05, 0.1) is 12.8 Å². The maximum absolute atomic E-state index is 13.0. The Bertz CT molecular complexity index is 720. The molecule has 0 spiro atoms. The van der Waals surface area contributed by atoms with E-state index >= 15 is 0 Å². The molecule has 0 radical (unpaired) electrons. The lowest BCUT2D eigenvalue weighted by Crippen LogP contribution is -2.47. The third-order valence-electron chi connectivity index (χ3n) is 5.06. The third kappa shape index (κ3) is 5.15. The zero-order chi connectivity index (χ0) is 19.2. The van der Waals surface area contributed by atoms with Crippen LogP contribution in [0.1, 0.15) is 13.3 Å². The van der Waals surface area contributed by atoms with Gasteiger partial charge in [-0.2, -0.15) is 0 Å². The maximum atomic E-state index is 13.0. The van der Waals surface area contributed by atoms with Crippen molar-refractivity contribution in [1.82, 2.24) is 4.90 Å². The highest BCUT2D eigenvalue weighted by Crippen LogP contribution is 2.28. The summed E-state index contributed by atoms with van der Waals surface area (Å²) in [5.41, 5.74) is 1.14. The average Bonchev–Trinajstić information content (AvgIpc) is 2.72. The Morgan fingerprint density at radius 1 is 1.07 bits per heavy atom. The van der Waals surface area contributed by atoms with Crippen LogP contribution in [0.5, 0.6) is 5.75 Å². The summed E-state index contributed by atoms with van der Waals surface area (Å²) in [6.07, 6.45) is 0.860. The smallest absolute Gasteiger partial charge is 0.153 e. The van der Waals surface area contributed by atoms with E-state index in [0.29, 0.717) is 4.90 Å². The molecule has 6 heteroatoms. The molecule has 2 aromatic carbocycles. The molecule has 1 aliphatic rings. The van der Waals surface area contributed by atoms with E-state index < -0.39 is 11.2 Å². The monoisotopic (exact) mass is 390 g/mol. The first-order valence-electron chi connectivity index (χ1n) is 9.35. The number of hydrogen-bond acceptors (Lipinski definition) is 4. The number of rotatable bonds is 7. The van der Waals surface area contributed by atoms with Crippen molar-refractivity contribution in [2.45, 2.75) is 23.5 Å². The molecule has 0 aromatic heterocycles. The zero-order valence-electron chi connectivity index (χ0n) is 15.9. The number of anilines is 1. The first kappa shape index (κ1) is 20.0. The van der Waals surface area contributed by atoms with Crippen molar-refractivity contribution < 1.29 is 13.7 Å². The second-order valence-corrected chi connectivity index (χ2v) is 8.72. The molecule has 2 atom stereocenters. The van der Waals surface area contributed by atoms with Gasteiger partial charge in [0.25, 0.3) is 0 Å². The Kier molecular flexibility index (Phi) is 6.99. The molecule has 0 amide bonds. The third-order valence-corrected chi connectivity index (χ3v) is 6.76. The topological polar surface area (TPSA) is 38.8 Å². The fourth-order valence-corrected chi connectivity index (χ4v) is 4.56. The molecule has 1 heterocycles. The average molecular weight is 391 g/mol. The summed E-state index contributed by atoms with van der Waals surface area (Å²) in [5, 5.41) is 0.0442. The molecule has 0 bridgehead atoms. The predicted molar refractivity (Wildman–Crippen MR) is 109 cm³/mol. The highest BCUT2D eigenvalue weighted by Gasteiger charge is 2.23. The van der Waals surface area contributed by atoms with E-state index in [1.165, 1.54) is 12.1 Å². The van der Waals surface area contributed by atoms with Crippen molar-refractivity contribution in [3.63, 3.8) is 0 Å². The number of para-hydroxylation sites is 2. The van der Waals surface area contributed by atoms with Crippen LogP contribution in [-0.4, -0.2) is 54.5 Å². The Hall–Kier alpha value is -1.76. The first-order chi connectivity index (χ1) is 13.1. The lowest BCUT2D eigenvalue weighted by atomic mass is 10.2. The molecule has 0 aliphatic carbocycles. The van der Waals surface area contributed by atoms with Gasteiger partial charge in [0.2, 0.25) is 0 Å². The van der Waals surface area contributed by atoms with Gasteiger partial charge in [-0.05, 0) is 54.5 Å². The number of ether oxygens (including phenoxy) is 1. The Morgan fingerprint density at radius 2 is 1.74 bits per heavy atom. The molecule has 1 saturated heterocycles. The molecular formula is C21H27FN2O2S. The molecule has 2 unspecified atom stereocenters. The minimum Gasteiger partial charge on any atom is -0.611 e. The minimum atomic E-state index is -1.10. The Morgan fingerprint density at radius 3 is 2.41 bits per heavy atom. The van der Waals surface area contributed by atoms with Crippen LogP contribution < -0.4 is 9.64 Å². The molecule has 146 valence electrons. The largest absolute Gasteiger partial charge is 0.611 e. The molecule has 4 nitrogen and oxygen atoms in total. The SMILES string of the molecule is COc1ccccc1N1CCN(CCC(C)[S+]([O-])c2ccc(F)cc2)CC1. The maximum Gasteiger partial charge on any atom is 0.153 e. The van der Waals surface area contributed by atoms with E-state index in [1.54, 1.807) is 19.2 Å². The van der Waals surface area contributed by atoms with Gasteiger partial charge >= 0.3 is 0 Å². The lowest BCUT2D eigenvalue weighted by Gasteiger charge is -2.37. The van der Waals surface area contributed by atoms with Gasteiger partial charge in [0.1, 0.15) is 16.8 Å². The standard InChI is InChI=1S/C21H27FN2O2S/c1-17(27(25)19-9-7-18(22)8-10-19)11-12-23-13-15-24(16-14-23)20-5-3-4-6-21(20)26-2/h3-10,17H,11-16H2,1-2H3. The van der Waals surface area contributed by atoms with E-state index in [1.807, 2.05) is 25.1 Å². The number of halogens is 1. The van der Waals surface area contributed by atoms with Crippen LogP contribution in [0.3, 0.4) is 0 Å². The van der Waals surface area contributed by atoms with Crippen LogP contribution in [0.2, 0.25) is 0 Å². The van der Waals surface area contributed by atoms with Crippen LogP contribution in [0.25, 0.3) is 0 Å². The van der Waals surface area contributed by atoms with Crippen molar-refractivity contribution in [3.05, 3.63) is 54.3 Å². The van der Waals surface area contributed by atoms with E-state index in [4.69, 9.17) is 4.74 Å². The van der Waals surface area contributed by atoms with Gasteiger partial charge in [-0.15, -0.1) is 0 Å². The van der Waals surface area contributed by atoms with Crippen molar-refractivity contribution in [2.24, 2.45) is 0 Å². The highest BCUT2D eigenvalue weighted by atomic mass is 32.2. The van der Waals surface area contributed by atoms with Crippen LogP contribution in [0, 0.1) is 5.82 Å². The summed E-state index contributed by atoms with van der Waals surface area (Å²) in [4.78, 5) is 5.48. The van der Waals surface area contributed by atoms with Crippen LogP contribution in [0.15, 0.2) is 53.4 Å². The molecule has 0 N–H and O–H groups in total. The minimum absolute atomic E-state index is 0.0442. The first-order valence-corrected chi connectivity index (χ1v) is 10.6. The summed E-state index contributed by atoms with van der Waals surface area (Å²) in [6, 6.07) is 14.1. The molecule has 3 rings (SSSR count). The molecule has 2 aromatic rings. The summed E-state index contributed by atoms with van der Waals surface area (Å²) < 4.78 is 31.1. The molecule has 1 fully saturated rings. The second kappa shape index (κ2) is 9.44. The summed E-state index contributed by atoms with van der Waals surface area (Å²) in [5.74, 6) is 0.616. The fourth-order valence-electron chi connectivity index (χ4n) is 3.38. The van der Waals surface area contributed by atoms with E-state index in [2.05, 4.69) is 15.9 Å². The van der Waals surface area contributed by atoms with Gasteiger partial charge < -0.3 is 14.2 Å². The van der Waals surface area contributed by atoms with Gasteiger partial charge in [-0.25, -0.2) is 4.39 Å². The Labute approximate surface area is 164 Å². The zero-order valence-corrected chi connectivity index (χ0v) is 16.8.